The molecule has 0 aliphatic carbocycles. The monoisotopic (exact) mass is 280 g/mol. The summed E-state index contributed by atoms with van der Waals surface area (Å²) in [4.78, 5) is 23.6. The predicted molar refractivity (Wildman–Crippen MR) is 78.8 cm³/mol. The van der Waals surface area contributed by atoms with Crippen molar-refractivity contribution in [2.24, 2.45) is 0 Å². The van der Waals surface area contributed by atoms with Crippen molar-refractivity contribution < 1.29 is 9.59 Å². The molecule has 3 heteroatoms. The lowest BCUT2D eigenvalue weighted by Gasteiger charge is -2.03. The predicted octanol–water partition coefficient (Wildman–Crippen LogP) is 4.84. The molecule has 0 saturated heterocycles. The molecule has 0 aliphatic heterocycles. The van der Waals surface area contributed by atoms with Crippen molar-refractivity contribution in [2.45, 2.75) is 51.9 Å². The highest BCUT2D eigenvalue weighted by Gasteiger charge is 2.13. The fourth-order valence-electron chi connectivity index (χ4n) is 1.98. The number of hydrogen-bond acceptors (Lipinski definition) is 2. The number of benzene rings is 1. The Labute approximate surface area is 120 Å². The fraction of sp³-hybridized carbons (Fsp3) is 0.500. The minimum absolute atomic E-state index is 0.0152. The van der Waals surface area contributed by atoms with Crippen LogP contribution in [0, 0.1) is 0 Å². The molecule has 1 aromatic rings. The molecule has 0 saturated carbocycles. The smallest absolute Gasteiger partial charge is 0.171 e. The van der Waals surface area contributed by atoms with Gasteiger partial charge < -0.3 is 0 Å². The van der Waals surface area contributed by atoms with Crippen LogP contribution < -0.4 is 0 Å². The van der Waals surface area contributed by atoms with Crippen LogP contribution in [0.25, 0.3) is 0 Å². The van der Waals surface area contributed by atoms with E-state index in [4.69, 9.17) is 11.6 Å². The summed E-state index contributed by atoms with van der Waals surface area (Å²) in [6, 6.07) is 6.87. The molecular formula is C16H21ClO2. The Hall–Kier alpha value is -1.15. The summed E-state index contributed by atoms with van der Waals surface area (Å²) in [6.07, 6.45) is 6.00. The highest BCUT2D eigenvalue weighted by atomic mass is 35.5. The van der Waals surface area contributed by atoms with Gasteiger partial charge in [-0.3, -0.25) is 9.59 Å². The molecule has 1 rings (SSSR count). The van der Waals surface area contributed by atoms with Crippen LogP contribution in [0.15, 0.2) is 24.3 Å². The molecular weight excluding hydrogens is 260 g/mol. The first kappa shape index (κ1) is 15.9. The molecule has 0 aromatic heterocycles. The van der Waals surface area contributed by atoms with E-state index >= 15 is 0 Å². The van der Waals surface area contributed by atoms with Crippen molar-refractivity contribution in [3.05, 3.63) is 34.9 Å². The first-order valence-electron chi connectivity index (χ1n) is 6.94. The Kier molecular flexibility index (Phi) is 7.42. The molecule has 0 bridgehead atoms. The lowest BCUT2D eigenvalue weighted by molar-refractivity contribution is -0.118. The van der Waals surface area contributed by atoms with Crippen LogP contribution in [-0.2, 0) is 4.79 Å². The lowest BCUT2D eigenvalue weighted by Crippen LogP contribution is -2.08. The van der Waals surface area contributed by atoms with Gasteiger partial charge in [0.25, 0.3) is 0 Å². The number of rotatable bonds is 9. The number of carbonyl (C=O) groups is 2. The molecule has 0 aliphatic rings. The SMILES string of the molecule is CCCCCCCC(=O)CC(=O)c1ccccc1Cl. The molecule has 104 valence electrons. The Morgan fingerprint density at radius 2 is 1.74 bits per heavy atom. The van der Waals surface area contributed by atoms with Gasteiger partial charge in [0.05, 0.1) is 11.4 Å². The van der Waals surface area contributed by atoms with Crippen molar-refractivity contribution in [1.29, 1.82) is 0 Å². The summed E-state index contributed by atoms with van der Waals surface area (Å²) in [5.41, 5.74) is 0.448. The molecule has 0 unspecified atom stereocenters. The number of hydrogen-bond donors (Lipinski definition) is 0. The Balaban J connectivity index is 2.32. The van der Waals surface area contributed by atoms with Crippen LogP contribution in [0.3, 0.4) is 0 Å². The minimum Gasteiger partial charge on any atom is -0.299 e. The van der Waals surface area contributed by atoms with Gasteiger partial charge in [-0.15, -0.1) is 0 Å². The van der Waals surface area contributed by atoms with E-state index in [0.717, 1.165) is 12.8 Å². The summed E-state index contributed by atoms with van der Waals surface area (Å²) in [7, 11) is 0. The largest absolute Gasteiger partial charge is 0.299 e. The highest BCUT2D eigenvalue weighted by Crippen LogP contribution is 2.17. The molecule has 19 heavy (non-hydrogen) atoms. The van der Waals surface area contributed by atoms with Crippen LogP contribution in [0.2, 0.25) is 5.02 Å². The van der Waals surface area contributed by atoms with E-state index in [2.05, 4.69) is 6.92 Å². The van der Waals surface area contributed by atoms with Gasteiger partial charge in [-0.2, -0.15) is 0 Å². The topological polar surface area (TPSA) is 34.1 Å². The second kappa shape index (κ2) is 8.87. The second-order valence-corrected chi connectivity index (χ2v) is 5.19. The molecule has 0 N–H and O–H groups in total. The number of halogens is 1. The lowest BCUT2D eigenvalue weighted by atomic mass is 10.0. The van der Waals surface area contributed by atoms with Crippen molar-refractivity contribution in [3.63, 3.8) is 0 Å². The van der Waals surface area contributed by atoms with Gasteiger partial charge in [-0.1, -0.05) is 56.3 Å². The van der Waals surface area contributed by atoms with Crippen molar-refractivity contribution in [1.82, 2.24) is 0 Å². The normalized spacial score (nSPS) is 10.4. The molecule has 2 nitrogen and oxygen atoms in total. The third-order valence-electron chi connectivity index (χ3n) is 3.09. The molecule has 0 atom stereocenters. The van der Waals surface area contributed by atoms with Crippen LogP contribution in [-0.4, -0.2) is 11.6 Å². The summed E-state index contributed by atoms with van der Waals surface area (Å²) < 4.78 is 0. The van der Waals surface area contributed by atoms with E-state index in [-0.39, 0.29) is 18.0 Å². The average Bonchev–Trinajstić information content (AvgIpc) is 2.39. The Morgan fingerprint density at radius 1 is 1.05 bits per heavy atom. The fourth-order valence-corrected chi connectivity index (χ4v) is 2.22. The molecule has 0 fully saturated rings. The van der Waals surface area contributed by atoms with E-state index < -0.39 is 0 Å². The molecule has 1 aromatic carbocycles. The van der Waals surface area contributed by atoms with Gasteiger partial charge in [-0.05, 0) is 18.6 Å². The summed E-state index contributed by atoms with van der Waals surface area (Å²) >= 11 is 5.93. The zero-order valence-electron chi connectivity index (χ0n) is 11.5. The third kappa shape index (κ3) is 6.02. The first-order valence-corrected chi connectivity index (χ1v) is 7.32. The third-order valence-corrected chi connectivity index (χ3v) is 3.42. The van der Waals surface area contributed by atoms with Crippen LogP contribution in [0.4, 0.5) is 0 Å². The van der Waals surface area contributed by atoms with E-state index in [1.807, 2.05) is 0 Å². The molecule has 0 spiro atoms. The Morgan fingerprint density at radius 3 is 2.42 bits per heavy atom. The zero-order chi connectivity index (χ0) is 14.1. The quantitative estimate of drug-likeness (QED) is 0.368. The standard InChI is InChI=1S/C16H21ClO2/c1-2-3-4-5-6-9-13(18)12-16(19)14-10-7-8-11-15(14)17/h7-8,10-11H,2-6,9,12H2,1H3. The van der Waals surface area contributed by atoms with E-state index in [1.54, 1.807) is 24.3 Å². The minimum atomic E-state index is -0.177. The summed E-state index contributed by atoms with van der Waals surface area (Å²) in [5, 5.41) is 0.420. The maximum Gasteiger partial charge on any atom is 0.171 e. The van der Waals surface area contributed by atoms with Crippen molar-refractivity contribution in [3.8, 4) is 0 Å². The van der Waals surface area contributed by atoms with Crippen LogP contribution >= 0.6 is 11.6 Å². The average molecular weight is 281 g/mol. The van der Waals surface area contributed by atoms with Crippen LogP contribution in [0.5, 0.6) is 0 Å². The first-order chi connectivity index (χ1) is 9.15. The van der Waals surface area contributed by atoms with Crippen molar-refractivity contribution >= 4 is 23.2 Å². The summed E-state index contributed by atoms with van der Waals surface area (Å²) in [6.45, 7) is 2.16. The van der Waals surface area contributed by atoms with Gasteiger partial charge in [0.2, 0.25) is 0 Å². The maximum atomic E-state index is 11.9. The van der Waals surface area contributed by atoms with Gasteiger partial charge >= 0.3 is 0 Å². The van der Waals surface area contributed by atoms with Crippen molar-refractivity contribution in [2.75, 3.05) is 0 Å². The molecule has 0 amide bonds. The number of ketones is 2. The maximum absolute atomic E-state index is 11.9. The van der Waals surface area contributed by atoms with E-state index in [1.165, 1.54) is 19.3 Å². The van der Waals surface area contributed by atoms with Gasteiger partial charge in [-0.25, -0.2) is 0 Å². The highest BCUT2D eigenvalue weighted by molar-refractivity contribution is 6.34. The van der Waals surface area contributed by atoms with Gasteiger partial charge in [0, 0.05) is 12.0 Å². The van der Waals surface area contributed by atoms with E-state index in [0.29, 0.717) is 17.0 Å². The van der Waals surface area contributed by atoms with E-state index in [9.17, 15) is 9.59 Å². The number of unbranched alkanes of at least 4 members (excludes halogenated alkanes) is 4. The number of carbonyl (C=O) groups excluding carboxylic acids is 2. The van der Waals surface area contributed by atoms with Crippen LogP contribution in [0.1, 0.15) is 62.2 Å². The van der Waals surface area contributed by atoms with Gasteiger partial charge in [0.1, 0.15) is 5.78 Å². The summed E-state index contributed by atoms with van der Waals surface area (Å²) in [5.74, 6) is -0.162. The molecule has 0 heterocycles. The van der Waals surface area contributed by atoms with Gasteiger partial charge in [0.15, 0.2) is 5.78 Å². The zero-order valence-corrected chi connectivity index (χ0v) is 12.2. The number of Topliss-reactive ketones (excluding diaryl/α,β-unsaturated/α-hetero) is 2. The second-order valence-electron chi connectivity index (χ2n) is 4.78. The molecule has 0 radical (unpaired) electrons. The Bertz CT molecular complexity index is 427.